The lowest BCUT2D eigenvalue weighted by Gasteiger charge is -1.65. The molecule has 8 heavy (non-hydrogen) atoms. The molecule has 1 aliphatic heterocycles. The number of allylic oxidation sites excluding steroid dienone is 1. The first-order chi connectivity index (χ1) is 3.63. The Balaban J connectivity index is 0.000000122. The summed E-state index contributed by atoms with van der Waals surface area (Å²) in [4.78, 5) is 0. The minimum atomic E-state index is 0.583. The van der Waals surface area contributed by atoms with E-state index < -0.39 is 0 Å². The van der Waals surface area contributed by atoms with Gasteiger partial charge in [0.05, 0.1) is 12.7 Å². The molecular formula is C7H14O. The van der Waals surface area contributed by atoms with E-state index in [1.54, 1.807) is 0 Å². The van der Waals surface area contributed by atoms with Crippen LogP contribution in [0.1, 0.15) is 20.8 Å². The first kappa shape index (κ1) is 7.70. The largest absolute Gasteiger partial charge is 0.373 e. The van der Waals surface area contributed by atoms with Gasteiger partial charge in [0.15, 0.2) is 0 Å². The summed E-state index contributed by atoms with van der Waals surface area (Å²) in [6, 6.07) is 0. The predicted octanol–water partition coefficient (Wildman–Crippen LogP) is 1.99. The summed E-state index contributed by atoms with van der Waals surface area (Å²) in [5.74, 6) is 0. The van der Waals surface area contributed by atoms with Crippen molar-refractivity contribution in [3.8, 4) is 0 Å². The molecule has 1 nitrogen and oxygen atoms in total. The highest BCUT2D eigenvalue weighted by Gasteiger charge is 2.13. The molecule has 0 radical (unpaired) electrons. The van der Waals surface area contributed by atoms with E-state index in [1.165, 1.54) is 5.57 Å². The van der Waals surface area contributed by atoms with Crippen LogP contribution in [0.2, 0.25) is 0 Å². The Hall–Kier alpha value is -0.300. The van der Waals surface area contributed by atoms with Gasteiger partial charge in [0.1, 0.15) is 0 Å². The molecule has 1 heteroatoms. The number of epoxide rings is 1. The van der Waals surface area contributed by atoms with Crippen LogP contribution in [0.3, 0.4) is 0 Å². The number of rotatable bonds is 0. The van der Waals surface area contributed by atoms with Crippen molar-refractivity contribution in [2.45, 2.75) is 26.9 Å². The minimum Gasteiger partial charge on any atom is -0.373 e. The van der Waals surface area contributed by atoms with E-state index in [0.717, 1.165) is 6.61 Å². The smallest absolute Gasteiger partial charge is 0.0781 e. The van der Waals surface area contributed by atoms with E-state index in [2.05, 4.69) is 13.5 Å². The lowest BCUT2D eigenvalue weighted by molar-refractivity contribution is 0.423. The van der Waals surface area contributed by atoms with Crippen molar-refractivity contribution in [1.29, 1.82) is 0 Å². The first-order valence-corrected chi connectivity index (χ1v) is 2.86. The van der Waals surface area contributed by atoms with E-state index in [4.69, 9.17) is 4.74 Å². The highest BCUT2D eigenvalue weighted by Crippen LogP contribution is 2.04. The Labute approximate surface area is 51.4 Å². The zero-order chi connectivity index (χ0) is 6.57. The molecule has 1 fully saturated rings. The van der Waals surface area contributed by atoms with E-state index in [0.29, 0.717) is 6.10 Å². The molecule has 0 bridgehead atoms. The van der Waals surface area contributed by atoms with Crippen molar-refractivity contribution in [1.82, 2.24) is 0 Å². The molecule has 1 heterocycles. The van der Waals surface area contributed by atoms with Crippen LogP contribution in [-0.4, -0.2) is 12.7 Å². The van der Waals surface area contributed by atoms with Crippen LogP contribution >= 0.6 is 0 Å². The van der Waals surface area contributed by atoms with Crippen LogP contribution in [0.4, 0.5) is 0 Å². The van der Waals surface area contributed by atoms with Crippen LogP contribution < -0.4 is 0 Å². The highest BCUT2D eigenvalue weighted by molar-refractivity contribution is 4.78. The molecule has 0 spiro atoms. The third kappa shape index (κ3) is 17.3. The monoisotopic (exact) mass is 114 g/mol. The average Bonchev–Trinajstić information content (AvgIpc) is 2.19. The Kier molecular flexibility index (Phi) is 3.53. The molecule has 1 unspecified atom stereocenters. The van der Waals surface area contributed by atoms with Crippen LogP contribution in [0.15, 0.2) is 12.2 Å². The van der Waals surface area contributed by atoms with E-state index >= 15 is 0 Å². The normalized spacial score (nSPS) is 23.1. The average molecular weight is 114 g/mol. The van der Waals surface area contributed by atoms with Crippen LogP contribution in [0, 0.1) is 0 Å². The van der Waals surface area contributed by atoms with Crippen molar-refractivity contribution >= 4 is 0 Å². The summed E-state index contributed by atoms with van der Waals surface area (Å²) < 4.78 is 4.71. The second kappa shape index (κ2) is 3.67. The maximum Gasteiger partial charge on any atom is 0.0781 e. The molecule has 1 atom stereocenters. The molecule has 0 amide bonds. The molecule has 1 rings (SSSR count). The van der Waals surface area contributed by atoms with Gasteiger partial charge in [-0.1, -0.05) is 5.57 Å². The topological polar surface area (TPSA) is 12.5 Å². The SMILES string of the molecule is C=C(C)C.CC1CO1. The lowest BCUT2D eigenvalue weighted by atomic mass is 10.4. The second-order valence-electron chi connectivity index (χ2n) is 2.35. The summed E-state index contributed by atoms with van der Waals surface area (Å²) in [6.07, 6.45) is 0.583. The molecular weight excluding hydrogens is 100 g/mol. The summed E-state index contributed by atoms with van der Waals surface area (Å²) in [5.41, 5.74) is 1.17. The number of hydrogen-bond acceptors (Lipinski definition) is 1. The third-order valence-corrected chi connectivity index (χ3v) is 0.500. The van der Waals surface area contributed by atoms with Gasteiger partial charge in [-0.05, 0) is 20.8 Å². The van der Waals surface area contributed by atoms with Crippen LogP contribution in [-0.2, 0) is 4.74 Å². The lowest BCUT2D eigenvalue weighted by Crippen LogP contribution is -1.60. The fourth-order valence-corrected chi connectivity index (χ4v) is 0.0962. The van der Waals surface area contributed by atoms with Crippen molar-refractivity contribution in [2.75, 3.05) is 6.61 Å². The predicted molar refractivity (Wildman–Crippen MR) is 35.9 cm³/mol. The highest BCUT2D eigenvalue weighted by atomic mass is 16.6. The summed E-state index contributed by atoms with van der Waals surface area (Å²) in [6.45, 7) is 10.5. The first-order valence-electron chi connectivity index (χ1n) is 2.86. The van der Waals surface area contributed by atoms with E-state index in [-0.39, 0.29) is 0 Å². The van der Waals surface area contributed by atoms with Gasteiger partial charge in [0.25, 0.3) is 0 Å². The standard InChI is InChI=1S/C4H8.C3H6O/c1-4(2)3;1-3-2-4-3/h1H2,2-3H3;3H,2H2,1H3. The van der Waals surface area contributed by atoms with E-state index in [9.17, 15) is 0 Å². The quantitative estimate of drug-likeness (QED) is 0.346. The van der Waals surface area contributed by atoms with Gasteiger partial charge in [-0.15, -0.1) is 6.58 Å². The zero-order valence-electron chi connectivity index (χ0n) is 5.90. The molecule has 0 aromatic rings. The maximum atomic E-state index is 4.71. The molecule has 48 valence electrons. The Morgan fingerprint density at radius 1 is 1.62 bits per heavy atom. The molecule has 1 aliphatic rings. The fourth-order valence-electron chi connectivity index (χ4n) is 0.0962. The molecule has 1 saturated heterocycles. The summed E-state index contributed by atoms with van der Waals surface area (Å²) >= 11 is 0. The van der Waals surface area contributed by atoms with Crippen molar-refractivity contribution in [3.05, 3.63) is 12.2 Å². The zero-order valence-corrected chi connectivity index (χ0v) is 5.90. The summed E-state index contributed by atoms with van der Waals surface area (Å²) in [7, 11) is 0. The molecule has 0 aromatic heterocycles. The summed E-state index contributed by atoms with van der Waals surface area (Å²) in [5, 5.41) is 0. The Morgan fingerprint density at radius 2 is 1.75 bits per heavy atom. The van der Waals surface area contributed by atoms with Crippen molar-refractivity contribution in [2.24, 2.45) is 0 Å². The van der Waals surface area contributed by atoms with Crippen LogP contribution in [0.25, 0.3) is 0 Å². The molecule has 0 saturated carbocycles. The fraction of sp³-hybridized carbons (Fsp3) is 0.714. The van der Waals surface area contributed by atoms with Gasteiger partial charge in [-0.3, -0.25) is 0 Å². The van der Waals surface area contributed by atoms with Gasteiger partial charge >= 0.3 is 0 Å². The Bertz CT molecular complexity index is 68.5. The van der Waals surface area contributed by atoms with Crippen molar-refractivity contribution < 1.29 is 4.74 Å². The van der Waals surface area contributed by atoms with Crippen molar-refractivity contribution in [3.63, 3.8) is 0 Å². The van der Waals surface area contributed by atoms with Gasteiger partial charge in [0, 0.05) is 0 Å². The Morgan fingerprint density at radius 3 is 1.75 bits per heavy atom. The molecule has 0 aromatic carbocycles. The van der Waals surface area contributed by atoms with Gasteiger partial charge < -0.3 is 4.74 Å². The molecule has 0 aliphatic carbocycles. The molecule has 0 N–H and O–H groups in total. The van der Waals surface area contributed by atoms with Gasteiger partial charge in [0.2, 0.25) is 0 Å². The van der Waals surface area contributed by atoms with Gasteiger partial charge in [-0.2, -0.15) is 0 Å². The number of ether oxygens (including phenoxy) is 1. The van der Waals surface area contributed by atoms with E-state index in [1.807, 2.05) is 13.8 Å². The maximum absolute atomic E-state index is 4.71. The van der Waals surface area contributed by atoms with Gasteiger partial charge in [-0.25, -0.2) is 0 Å². The third-order valence-electron chi connectivity index (χ3n) is 0.500. The van der Waals surface area contributed by atoms with Crippen LogP contribution in [0.5, 0.6) is 0 Å². The second-order valence-corrected chi connectivity index (χ2v) is 2.35. The number of hydrogen-bond donors (Lipinski definition) is 0. The minimum absolute atomic E-state index is 0.583.